The van der Waals surface area contributed by atoms with Crippen molar-refractivity contribution in [2.24, 2.45) is 0 Å². The van der Waals surface area contributed by atoms with E-state index in [1.807, 2.05) is 12.3 Å². The zero-order valence-electron chi connectivity index (χ0n) is 13.0. The predicted molar refractivity (Wildman–Crippen MR) is 89.1 cm³/mol. The Morgan fingerprint density at radius 2 is 2.17 bits per heavy atom. The highest BCUT2D eigenvalue weighted by Crippen LogP contribution is 2.29. The van der Waals surface area contributed by atoms with Crippen molar-refractivity contribution < 1.29 is 4.39 Å². The number of aromatic amines is 1. The highest BCUT2D eigenvalue weighted by Gasteiger charge is 2.21. The van der Waals surface area contributed by atoms with Gasteiger partial charge in [-0.15, -0.1) is 0 Å². The lowest BCUT2D eigenvalue weighted by Crippen LogP contribution is -2.29. The molecule has 0 fully saturated rings. The smallest absolute Gasteiger partial charge is 0.155 e. The van der Waals surface area contributed by atoms with Gasteiger partial charge in [0.25, 0.3) is 0 Å². The molecule has 5 nitrogen and oxygen atoms in total. The second-order valence-electron chi connectivity index (χ2n) is 6.33. The zero-order valence-corrected chi connectivity index (χ0v) is 13.0. The summed E-state index contributed by atoms with van der Waals surface area (Å²) in [6.07, 6.45) is 4.46. The SMILES string of the molecule is Fc1ccc2[nH]c3c(c2c1)CN(Cc1ccn2ncnc2c1)CC3. The molecule has 4 aromatic rings. The van der Waals surface area contributed by atoms with E-state index in [9.17, 15) is 4.39 Å². The van der Waals surface area contributed by atoms with Crippen LogP contribution >= 0.6 is 0 Å². The zero-order chi connectivity index (χ0) is 16.1. The number of aromatic nitrogens is 4. The summed E-state index contributed by atoms with van der Waals surface area (Å²) >= 11 is 0. The fraction of sp³-hybridized carbons (Fsp3) is 0.222. The Morgan fingerprint density at radius 3 is 3.12 bits per heavy atom. The molecule has 120 valence electrons. The molecule has 1 aromatic carbocycles. The Labute approximate surface area is 137 Å². The van der Waals surface area contributed by atoms with E-state index >= 15 is 0 Å². The van der Waals surface area contributed by atoms with Crippen LogP contribution in [0.4, 0.5) is 4.39 Å². The number of hydrogen-bond acceptors (Lipinski definition) is 3. The molecule has 0 radical (unpaired) electrons. The molecule has 1 aliphatic heterocycles. The number of halogens is 1. The van der Waals surface area contributed by atoms with Crippen molar-refractivity contribution in [1.29, 1.82) is 0 Å². The van der Waals surface area contributed by atoms with Gasteiger partial charge in [0.15, 0.2) is 5.65 Å². The van der Waals surface area contributed by atoms with Gasteiger partial charge >= 0.3 is 0 Å². The summed E-state index contributed by atoms with van der Waals surface area (Å²) in [4.78, 5) is 10.1. The van der Waals surface area contributed by atoms with E-state index in [2.05, 4.69) is 32.1 Å². The van der Waals surface area contributed by atoms with Crippen LogP contribution in [-0.4, -0.2) is 31.0 Å². The fourth-order valence-electron chi connectivity index (χ4n) is 3.59. The third-order valence-corrected chi connectivity index (χ3v) is 4.77. The van der Waals surface area contributed by atoms with E-state index in [1.165, 1.54) is 22.9 Å². The number of hydrogen-bond donors (Lipinski definition) is 1. The highest BCUT2D eigenvalue weighted by atomic mass is 19.1. The lowest BCUT2D eigenvalue weighted by atomic mass is 10.0. The van der Waals surface area contributed by atoms with Crippen molar-refractivity contribution in [1.82, 2.24) is 24.5 Å². The van der Waals surface area contributed by atoms with Gasteiger partial charge in [-0.1, -0.05) is 0 Å². The first-order chi connectivity index (χ1) is 11.8. The largest absolute Gasteiger partial charge is 0.358 e. The van der Waals surface area contributed by atoms with E-state index < -0.39 is 0 Å². The van der Waals surface area contributed by atoms with Crippen molar-refractivity contribution in [3.8, 4) is 0 Å². The van der Waals surface area contributed by atoms with Crippen LogP contribution in [-0.2, 0) is 19.5 Å². The number of fused-ring (bicyclic) bond motifs is 4. The molecule has 0 bridgehead atoms. The Hall–Kier alpha value is -2.73. The molecular formula is C18H16FN5. The lowest BCUT2D eigenvalue weighted by molar-refractivity contribution is 0.245. The Balaban J connectivity index is 1.45. The van der Waals surface area contributed by atoms with E-state index in [0.717, 1.165) is 42.6 Å². The number of rotatable bonds is 2. The molecule has 4 heterocycles. The van der Waals surface area contributed by atoms with Crippen LogP contribution in [0.5, 0.6) is 0 Å². The molecule has 0 spiro atoms. The van der Waals surface area contributed by atoms with Gasteiger partial charge in [0, 0.05) is 48.8 Å². The van der Waals surface area contributed by atoms with Crippen LogP contribution in [0.25, 0.3) is 16.6 Å². The quantitative estimate of drug-likeness (QED) is 0.617. The van der Waals surface area contributed by atoms with Crippen molar-refractivity contribution in [2.45, 2.75) is 19.5 Å². The summed E-state index contributed by atoms with van der Waals surface area (Å²) in [6, 6.07) is 9.11. The number of nitrogens with zero attached hydrogens (tertiary/aromatic N) is 4. The van der Waals surface area contributed by atoms with Crippen LogP contribution in [0, 0.1) is 5.82 Å². The summed E-state index contributed by atoms with van der Waals surface area (Å²) in [5.41, 5.74) is 5.55. The summed E-state index contributed by atoms with van der Waals surface area (Å²) < 4.78 is 15.4. The van der Waals surface area contributed by atoms with E-state index in [4.69, 9.17) is 0 Å². The first-order valence-corrected chi connectivity index (χ1v) is 8.06. The topological polar surface area (TPSA) is 49.2 Å². The van der Waals surface area contributed by atoms with Crippen LogP contribution in [0.15, 0.2) is 42.9 Å². The molecule has 5 rings (SSSR count). The third-order valence-electron chi connectivity index (χ3n) is 4.77. The van der Waals surface area contributed by atoms with E-state index in [0.29, 0.717) is 0 Å². The first kappa shape index (κ1) is 13.7. The minimum atomic E-state index is -0.182. The molecule has 24 heavy (non-hydrogen) atoms. The summed E-state index contributed by atoms with van der Waals surface area (Å²) in [5.74, 6) is -0.182. The molecule has 0 amide bonds. The Morgan fingerprint density at radius 1 is 1.21 bits per heavy atom. The predicted octanol–water partition coefficient (Wildman–Crippen LogP) is 2.91. The molecule has 1 aliphatic rings. The lowest BCUT2D eigenvalue weighted by Gasteiger charge is -2.27. The minimum absolute atomic E-state index is 0.182. The average molecular weight is 321 g/mol. The molecule has 3 aromatic heterocycles. The summed E-state index contributed by atoms with van der Waals surface area (Å²) in [5, 5.41) is 5.13. The Kier molecular flexibility index (Phi) is 2.93. The maximum absolute atomic E-state index is 13.6. The van der Waals surface area contributed by atoms with Gasteiger partial charge in [-0.25, -0.2) is 13.9 Å². The van der Waals surface area contributed by atoms with Gasteiger partial charge < -0.3 is 4.98 Å². The molecule has 0 unspecified atom stereocenters. The number of benzene rings is 1. The molecule has 0 aliphatic carbocycles. The van der Waals surface area contributed by atoms with Gasteiger partial charge in [-0.05, 0) is 41.5 Å². The molecule has 1 N–H and O–H groups in total. The molecular weight excluding hydrogens is 305 g/mol. The van der Waals surface area contributed by atoms with Gasteiger partial charge in [-0.2, -0.15) is 5.10 Å². The molecule has 6 heteroatoms. The molecule has 0 saturated carbocycles. The van der Waals surface area contributed by atoms with Gasteiger partial charge in [0.05, 0.1) is 0 Å². The molecule has 0 saturated heterocycles. The second-order valence-corrected chi connectivity index (χ2v) is 6.33. The van der Waals surface area contributed by atoms with Gasteiger partial charge in [0.1, 0.15) is 12.1 Å². The second kappa shape index (κ2) is 5.14. The number of pyridine rings is 1. The summed E-state index contributed by atoms with van der Waals surface area (Å²) in [6.45, 7) is 2.67. The normalized spacial score (nSPS) is 15.2. The van der Waals surface area contributed by atoms with Gasteiger partial charge in [-0.3, -0.25) is 4.90 Å². The third kappa shape index (κ3) is 2.18. The Bertz CT molecular complexity index is 1050. The van der Waals surface area contributed by atoms with Crippen LogP contribution in [0.1, 0.15) is 16.8 Å². The maximum Gasteiger partial charge on any atom is 0.155 e. The average Bonchev–Trinajstić information content (AvgIpc) is 3.18. The van der Waals surface area contributed by atoms with Gasteiger partial charge in [0.2, 0.25) is 0 Å². The number of nitrogens with one attached hydrogen (secondary N) is 1. The van der Waals surface area contributed by atoms with Crippen molar-refractivity contribution in [3.05, 3.63) is 65.5 Å². The van der Waals surface area contributed by atoms with Crippen LogP contribution in [0.2, 0.25) is 0 Å². The standard InChI is InChI=1S/C18H16FN5/c19-13-1-2-16-14(8-13)15-10-23(5-4-17(15)22-16)9-12-3-6-24-18(7-12)20-11-21-24/h1-3,6-8,11,22H,4-5,9-10H2. The van der Waals surface area contributed by atoms with E-state index in [1.54, 1.807) is 16.9 Å². The van der Waals surface area contributed by atoms with Crippen molar-refractivity contribution >= 4 is 16.6 Å². The maximum atomic E-state index is 13.6. The fourth-order valence-corrected chi connectivity index (χ4v) is 3.59. The van der Waals surface area contributed by atoms with Crippen LogP contribution < -0.4 is 0 Å². The minimum Gasteiger partial charge on any atom is -0.358 e. The highest BCUT2D eigenvalue weighted by molar-refractivity contribution is 5.84. The van der Waals surface area contributed by atoms with E-state index in [-0.39, 0.29) is 5.82 Å². The van der Waals surface area contributed by atoms with Crippen molar-refractivity contribution in [3.63, 3.8) is 0 Å². The summed E-state index contributed by atoms with van der Waals surface area (Å²) in [7, 11) is 0. The first-order valence-electron chi connectivity index (χ1n) is 8.06. The monoisotopic (exact) mass is 321 g/mol. The van der Waals surface area contributed by atoms with Crippen LogP contribution in [0.3, 0.4) is 0 Å². The molecule has 0 atom stereocenters. The van der Waals surface area contributed by atoms with Crippen molar-refractivity contribution in [2.75, 3.05) is 6.54 Å². The number of H-pyrrole nitrogens is 1.